The maximum absolute atomic E-state index is 4.51. The summed E-state index contributed by atoms with van der Waals surface area (Å²) in [6, 6.07) is 0. The van der Waals surface area contributed by atoms with Crippen LogP contribution in [0.3, 0.4) is 0 Å². The minimum atomic E-state index is 0.0430. The van der Waals surface area contributed by atoms with Crippen LogP contribution in [-0.2, 0) is 0 Å². The predicted molar refractivity (Wildman–Crippen MR) is 50.1 cm³/mol. The molecule has 0 radical (unpaired) electrons. The molecule has 1 rings (SSSR count). The fourth-order valence-electron chi connectivity index (χ4n) is 0.974. The Morgan fingerprint density at radius 3 is 2.18 bits per heavy atom. The van der Waals surface area contributed by atoms with Crippen molar-refractivity contribution >= 4 is 5.71 Å². The maximum Gasteiger partial charge on any atom is 0.0574 e. The van der Waals surface area contributed by atoms with Gasteiger partial charge in [-0.15, -0.1) is 0 Å². The van der Waals surface area contributed by atoms with E-state index >= 15 is 0 Å². The van der Waals surface area contributed by atoms with Crippen molar-refractivity contribution in [2.24, 2.45) is 4.99 Å². The SMILES string of the molecule is CC(C)(C)N=C1C=CCC=C1. The van der Waals surface area contributed by atoms with Crippen LogP contribution in [0.1, 0.15) is 27.2 Å². The zero-order valence-electron chi connectivity index (χ0n) is 7.46. The van der Waals surface area contributed by atoms with Gasteiger partial charge in [-0.1, -0.05) is 12.2 Å². The van der Waals surface area contributed by atoms with Gasteiger partial charge in [-0.2, -0.15) is 0 Å². The minimum Gasteiger partial charge on any atom is -0.280 e. The lowest BCUT2D eigenvalue weighted by molar-refractivity contribution is 0.585. The molecule has 1 heteroatoms. The molecule has 0 bridgehead atoms. The van der Waals surface area contributed by atoms with Crippen LogP contribution in [-0.4, -0.2) is 11.3 Å². The van der Waals surface area contributed by atoms with Crippen molar-refractivity contribution in [3.63, 3.8) is 0 Å². The van der Waals surface area contributed by atoms with Gasteiger partial charge >= 0.3 is 0 Å². The highest BCUT2D eigenvalue weighted by Crippen LogP contribution is 2.09. The molecule has 0 aliphatic heterocycles. The Kier molecular flexibility index (Phi) is 2.28. The lowest BCUT2D eigenvalue weighted by Gasteiger charge is -2.13. The molecule has 0 aromatic carbocycles. The zero-order valence-corrected chi connectivity index (χ0v) is 7.46. The summed E-state index contributed by atoms with van der Waals surface area (Å²) in [5.74, 6) is 0. The maximum atomic E-state index is 4.51. The van der Waals surface area contributed by atoms with Crippen molar-refractivity contribution in [2.45, 2.75) is 32.7 Å². The van der Waals surface area contributed by atoms with Crippen molar-refractivity contribution in [3.8, 4) is 0 Å². The van der Waals surface area contributed by atoms with E-state index in [1.165, 1.54) is 0 Å². The minimum absolute atomic E-state index is 0.0430. The van der Waals surface area contributed by atoms with Gasteiger partial charge in [0.2, 0.25) is 0 Å². The Hall–Kier alpha value is -0.850. The van der Waals surface area contributed by atoms with Crippen LogP contribution in [0, 0.1) is 0 Å². The first-order chi connectivity index (χ1) is 5.08. The third-order valence-corrected chi connectivity index (χ3v) is 1.31. The molecule has 0 unspecified atom stereocenters. The van der Waals surface area contributed by atoms with E-state index in [9.17, 15) is 0 Å². The second-order valence-electron chi connectivity index (χ2n) is 3.75. The smallest absolute Gasteiger partial charge is 0.0574 e. The predicted octanol–water partition coefficient (Wildman–Crippen LogP) is 2.74. The molecule has 0 atom stereocenters. The molecule has 1 aliphatic rings. The summed E-state index contributed by atoms with van der Waals surface area (Å²) >= 11 is 0. The fourth-order valence-corrected chi connectivity index (χ4v) is 0.974. The van der Waals surface area contributed by atoms with E-state index in [1.54, 1.807) is 0 Å². The normalized spacial score (nSPS) is 17.2. The Morgan fingerprint density at radius 2 is 1.73 bits per heavy atom. The third kappa shape index (κ3) is 3.17. The molecule has 0 amide bonds. The second-order valence-corrected chi connectivity index (χ2v) is 3.75. The first-order valence-corrected chi connectivity index (χ1v) is 4.01. The van der Waals surface area contributed by atoms with Crippen LogP contribution >= 0.6 is 0 Å². The quantitative estimate of drug-likeness (QED) is 0.502. The lowest BCUT2D eigenvalue weighted by atomic mass is 10.1. The molecular weight excluding hydrogens is 134 g/mol. The number of nitrogens with zero attached hydrogens (tertiary/aromatic N) is 1. The van der Waals surface area contributed by atoms with Gasteiger partial charge in [-0.3, -0.25) is 4.99 Å². The summed E-state index contributed by atoms with van der Waals surface area (Å²) < 4.78 is 0. The van der Waals surface area contributed by atoms with E-state index in [0.717, 1.165) is 12.1 Å². The van der Waals surface area contributed by atoms with Crippen molar-refractivity contribution in [3.05, 3.63) is 24.3 Å². The van der Waals surface area contributed by atoms with Gasteiger partial charge in [0.25, 0.3) is 0 Å². The topological polar surface area (TPSA) is 12.4 Å². The standard InChI is InChI=1S/C10H15N/c1-10(2,3)11-9-7-5-4-6-8-9/h5-8H,4H2,1-3H3. The molecule has 11 heavy (non-hydrogen) atoms. The highest BCUT2D eigenvalue weighted by Gasteiger charge is 2.07. The largest absolute Gasteiger partial charge is 0.280 e. The lowest BCUT2D eigenvalue weighted by Crippen LogP contribution is -2.12. The van der Waals surface area contributed by atoms with Crippen molar-refractivity contribution in [2.75, 3.05) is 0 Å². The van der Waals surface area contributed by atoms with Crippen molar-refractivity contribution < 1.29 is 0 Å². The van der Waals surface area contributed by atoms with Crippen LogP contribution in [0.15, 0.2) is 29.3 Å². The molecular formula is C10H15N. The van der Waals surface area contributed by atoms with E-state index in [4.69, 9.17) is 0 Å². The molecule has 0 fully saturated rings. The summed E-state index contributed by atoms with van der Waals surface area (Å²) in [7, 11) is 0. The van der Waals surface area contributed by atoms with E-state index in [0.29, 0.717) is 0 Å². The van der Waals surface area contributed by atoms with Crippen LogP contribution < -0.4 is 0 Å². The highest BCUT2D eigenvalue weighted by molar-refractivity contribution is 6.04. The number of hydrogen-bond acceptors (Lipinski definition) is 1. The van der Waals surface area contributed by atoms with Gasteiger partial charge in [0.15, 0.2) is 0 Å². The molecule has 0 spiro atoms. The first kappa shape index (κ1) is 8.25. The molecule has 1 nitrogen and oxygen atoms in total. The van der Waals surface area contributed by atoms with E-state index in [-0.39, 0.29) is 5.54 Å². The summed E-state index contributed by atoms with van der Waals surface area (Å²) in [6.07, 6.45) is 9.45. The Morgan fingerprint density at radius 1 is 1.18 bits per heavy atom. The molecule has 0 saturated heterocycles. The third-order valence-electron chi connectivity index (χ3n) is 1.31. The number of allylic oxidation sites excluding steroid dienone is 4. The van der Waals surface area contributed by atoms with Gasteiger partial charge in [0.1, 0.15) is 0 Å². The van der Waals surface area contributed by atoms with Gasteiger partial charge in [-0.05, 0) is 39.3 Å². The highest BCUT2D eigenvalue weighted by atomic mass is 14.8. The van der Waals surface area contributed by atoms with Crippen LogP contribution in [0.5, 0.6) is 0 Å². The van der Waals surface area contributed by atoms with Gasteiger partial charge in [-0.25, -0.2) is 0 Å². The van der Waals surface area contributed by atoms with E-state index in [2.05, 4.69) is 50.1 Å². The fraction of sp³-hybridized carbons (Fsp3) is 0.500. The second kappa shape index (κ2) is 3.04. The molecule has 0 saturated carbocycles. The monoisotopic (exact) mass is 149 g/mol. The van der Waals surface area contributed by atoms with Crippen LogP contribution in [0.25, 0.3) is 0 Å². The first-order valence-electron chi connectivity index (χ1n) is 4.01. The summed E-state index contributed by atoms with van der Waals surface area (Å²) in [5, 5.41) is 0. The van der Waals surface area contributed by atoms with E-state index < -0.39 is 0 Å². The molecule has 0 heterocycles. The average Bonchev–Trinajstić information content (AvgIpc) is 1.85. The number of aliphatic imine (C=N–C) groups is 1. The summed E-state index contributed by atoms with van der Waals surface area (Å²) in [4.78, 5) is 4.51. The molecule has 0 aromatic rings. The molecule has 0 N–H and O–H groups in total. The summed E-state index contributed by atoms with van der Waals surface area (Å²) in [6.45, 7) is 6.32. The number of rotatable bonds is 0. The van der Waals surface area contributed by atoms with E-state index in [1.807, 2.05) is 0 Å². The Balaban J connectivity index is 2.73. The van der Waals surface area contributed by atoms with Crippen LogP contribution in [0.2, 0.25) is 0 Å². The van der Waals surface area contributed by atoms with Crippen molar-refractivity contribution in [1.82, 2.24) is 0 Å². The Labute approximate surface area is 68.5 Å². The van der Waals surface area contributed by atoms with Crippen molar-refractivity contribution in [1.29, 1.82) is 0 Å². The molecule has 0 aromatic heterocycles. The summed E-state index contributed by atoms with van der Waals surface area (Å²) in [5.41, 5.74) is 1.13. The van der Waals surface area contributed by atoms with Gasteiger partial charge in [0, 0.05) is 0 Å². The molecule has 60 valence electrons. The zero-order chi connectivity index (χ0) is 8.32. The average molecular weight is 149 g/mol. The molecule has 1 aliphatic carbocycles. The van der Waals surface area contributed by atoms with Crippen LogP contribution in [0.4, 0.5) is 0 Å². The Bertz CT molecular complexity index is 200. The number of hydrogen-bond donors (Lipinski definition) is 0. The van der Waals surface area contributed by atoms with Gasteiger partial charge in [0.05, 0.1) is 11.3 Å². The van der Waals surface area contributed by atoms with Gasteiger partial charge < -0.3 is 0 Å².